The molecule has 7 nitrogen and oxygen atoms in total. The second-order valence-corrected chi connectivity index (χ2v) is 5.35. The molecule has 2 N–H and O–H groups in total. The van der Waals surface area contributed by atoms with Crippen molar-refractivity contribution in [2.75, 3.05) is 23.8 Å². The second-order valence-electron chi connectivity index (χ2n) is 5.35. The van der Waals surface area contributed by atoms with Crippen molar-refractivity contribution in [3.63, 3.8) is 0 Å². The second kappa shape index (κ2) is 7.19. The Morgan fingerprint density at radius 2 is 2.39 bits per heavy atom. The summed E-state index contributed by atoms with van der Waals surface area (Å²) in [4.78, 5) is 15.6. The number of amides is 1. The summed E-state index contributed by atoms with van der Waals surface area (Å²) in [5, 5.41) is 9.50. The van der Waals surface area contributed by atoms with Gasteiger partial charge >= 0.3 is 0 Å². The van der Waals surface area contributed by atoms with Crippen LogP contribution in [0.15, 0.2) is 30.9 Å². The minimum absolute atomic E-state index is 0.0284. The van der Waals surface area contributed by atoms with Gasteiger partial charge in [-0.3, -0.25) is 4.79 Å². The van der Waals surface area contributed by atoms with E-state index in [2.05, 4.69) is 20.7 Å². The number of anilines is 2. The predicted octanol–water partition coefficient (Wildman–Crippen LogP) is 1.65. The van der Waals surface area contributed by atoms with Crippen LogP contribution in [0.3, 0.4) is 0 Å². The third-order valence-electron chi connectivity index (χ3n) is 3.57. The zero-order valence-electron chi connectivity index (χ0n) is 12.5. The lowest BCUT2D eigenvalue weighted by atomic mass is 10.2. The molecule has 0 radical (unpaired) electrons. The van der Waals surface area contributed by atoms with E-state index in [9.17, 15) is 9.18 Å². The third-order valence-corrected chi connectivity index (χ3v) is 3.57. The highest BCUT2D eigenvalue weighted by Gasteiger charge is 2.15. The van der Waals surface area contributed by atoms with Gasteiger partial charge in [0, 0.05) is 18.8 Å². The normalized spacial score (nSPS) is 17.2. The zero-order chi connectivity index (χ0) is 16.1. The summed E-state index contributed by atoms with van der Waals surface area (Å²) >= 11 is 0. The highest BCUT2D eigenvalue weighted by atomic mass is 19.1. The molecule has 1 atom stereocenters. The number of aromatic nitrogens is 3. The van der Waals surface area contributed by atoms with E-state index in [-0.39, 0.29) is 18.6 Å². The van der Waals surface area contributed by atoms with E-state index in [1.165, 1.54) is 23.4 Å². The number of carbonyl (C=O) groups excluding carboxylic acids is 1. The van der Waals surface area contributed by atoms with Gasteiger partial charge in [-0.15, -0.1) is 0 Å². The van der Waals surface area contributed by atoms with Crippen molar-refractivity contribution < 1.29 is 13.9 Å². The van der Waals surface area contributed by atoms with E-state index in [0.717, 1.165) is 19.4 Å². The van der Waals surface area contributed by atoms with E-state index >= 15 is 0 Å². The molecule has 0 aliphatic carbocycles. The van der Waals surface area contributed by atoms with Gasteiger partial charge in [0.1, 0.15) is 25.0 Å². The van der Waals surface area contributed by atoms with Crippen molar-refractivity contribution in [2.24, 2.45) is 0 Å². The fourth-order valence-corrected chi connectivity index (χ4v) is 2.43. The van der Waals surface area contributed by atoms with Crippen LogP contribution in [0.5, 0.6) is 0 Å². The molecule has 3 rings (SSSR count). The predicted molar refractivity (Wildman–Crippen MR) is 82.5 cm³/mol. The number of benzene rings is 1. The molecule has 0 bridgehead atoms. The van der Waals surface area contributed by atoms with Crippen LogP contribution in [0, 0.1) is 5.82 Å². The van der Waals surface area contributed by atoms with Crippen LogP contribution < -0.4 is 10.6 Å². The molecule has 0 spiro atoms. The first-order valence-corrected chi connectivity index (χ1v) is 7.48. The van der Waals surface area contributed by atoms with Crippen molar-refractivity contribution in [3.8, 4) is 0 Å². The minimum Gasteiger partial charge on any atom is -0.380 e. The van der Waals surface area contributed by atoms with Gasteiger partial charge in [0.2, 0.25) is 5.91 Å². The van der Waals surface area contributed by atoms with Gasteiger partial charge in [0.15, 0.2) is 0 Å². The van der Waals surface area contributed by atoms with Gasteiger partial charge in [0.25, 0.3) is 0 Å². The molecule has 1 amide bonds. The summed E-state index contributed by atoms with van der Waals surface area (Å²) in [6.07, 6.45) is 4.97. The monoisotopic (exact) mass is 319 g/mol. The zero-order valence-corrected chi connectivity index (χ0v) is 12.5. The van der Waals surface area contributed by atoms with Gasteiger partial charge in [-0.1, -0.05) is 0 Å². The largest absolute Gasteiger partial charge is 0.380 e. The number of hydrogen-bond donors (Lipinski definition) is 2. The standard InChI is InChI=1S/C15H18FN5O2/c16-13-6-11(20-15(22)8-21-10-17-9-19-21)3-4-14(13)18-7-12-2-1-5-23-12/h3-4,6,9-10,12,18H,1-2,5,7-8H2,(H,20,22). The molecule has 2 heterocycles. The molecule has 23 heavy (non-hydrogen) atoms. The Hall–Kier alpha value is -2.48. The number of halogens is 1. The topological polar surface area (TPSA) is 81.1 Å². The summed E-state index contributed by atoms with van der Waals surface area (Å²) in [7, 11) is 0. The highest BCUT2D eigenvalue weighted by Crippen LogP contribution is 2.20. The Bertz CT molecular complexity index is 656. The maximum atomic E-state index is 14.1. The molecular formula is C15H18FN5O2. The molecule has 2 aromatic rings. The average Bonchev–Trinajstić information content (AvgIpc) is 3.19. The average molecular weight is 319 g/mol. The Morgan fingerprint density at radius 3 is 3.09 bits per heavy atom. The number of hydrogen-bond acceptors (Lipinski definition) is 5. The third kappa shape index (κ3) is 4.26. The van der Waals surface area contributed by atoms with Gasteiger partial charge < -0.3 is 15.4 Å². The van der Waals surface area contributed by atoms with E-state index in [0.29, 0.717) is 17.9 Å². The summed E-state index contributed by atoms with van der Waals surface area (Å²) < 4.78 is 20.9. The van der Waals surface area contributed by atoms with E-state index in [1.54, 1.807) is 12.1 Å². The smallest absolute Gasteiger partial charge is 0.246 e. The SMILES string of the molecule is O=C(Cn1cncn1)Nc1ccc(NCC2CCCO2)c(F)c1. The first kappa shape index (κ1) is 15.4. The first-order valence-electron chi connectivity index (χ1n) is 7.48. The quantitative estimate of drug-likeness (QED) is 0.846. The maximum Gasteiger partial charge on any atom is 0.246 e. The van der Waals surface area contributed by atoms with Crippen LogP contribution in [0.25, 0.3) is 0 Å². The number of rotatable bonds is 6. The number of nitrogens with zero attached hydrogens (tertiary/aromatic N) is 3. The van der Waals surface area contributed by atoms with Gasteiger partial charge in [-0.25, -0.2) is 14.1 Å². The van der Waals surface area contributed by atoms with Crippen LogP contribution in [-0.2, 0) is 16.1 Å². The Balaban J connectivity index is 1.54. The van der Waals surface area contributed by atoms with Crippen LogP contribution in [0.1, 0.15) is 12.8 Å². The van der Waals surface area contributed by atoms with Gasteiger partial charge in [-0.05, 0) is 31.0 Å². The van der Waals surface area contributed by atoms with Crippen molar-refractivity contribution in [1.29, 1.82) is 0 Å². The Kier molecular flexibility index (Phi) is 4.82. The van der Waals surface area contributed by atoms with Crippen molar-refractivity contribution in [2.45, 2.75) is 25.5 Å². The molecule has 1 aliphatic rings. The molecule has 8 heteroatoms. The molecule has 1 aliphatic heterocycles. The maximum absolute atomic E-state index is 14.1. The molecule has 1 aromatic heterocycles. The summed E-state index contributed by atoms with van der Waals surface area (Å²) in [5.74, 6) is -0.712. The number of nitrogens with one attached hydrogen (secondary N) is 2. The Labute approximate surface area is 132 Å². The molecule has 1 saturated heterocycles. The highest BCUT2D eigenvalue weighted by molar-refractivity contribution is 5.90. The summed E-state index contributed by atoms with van der Waals surface area (Å²) in [6, 6.07) is 4.55. The minimum atomic E-state index is -0.415. The molecule has 1 unspecified atom stereocenters. The number of ether oxygens (including phenoxy) is 1. The lowest BCUT2D eigenvalue weighted by molar-refractivity contribution is -0.116. The molecular weight excluding hydrogens is 301 g/mol. The molecule has 0 saturated carbocycles. The van der Waals surface area contributed by atoms with Crippen LogP contribution in [-0.4, -0.2) is 39.9 Å². The van der Waals surface area contributed by atoms with Crippen LogP contribution >= 0.6 is 0 Å². The van der Waals surface area contributed by atoms with E-state index in [4.69, 9.17) is 4.74 Å². The summed E-state index contributed by atoms with van der Waals surface area (Å²) in [5.41, 5.74) is 0.796. The molecule has 122 valence electrons. The van der Waals surface area contributed by atoms with Crippen LogP contribution in [0.4, 0.5) is 15.8 Å². The van der Waals surface area contributed by atoms with Crippen LogP contribution in [0.2, 0.25) is 0 Å². The van der Waals surface area contributed by atoms with Gasteiger partial charge in [-0.2, -0.15) is 5.10 Å². The molecule has 1 fully saturated rings. The Morgan fingerprint density at radius 1 is 1.48 bits per heavy atom. The van der Waals surface area contributed by atoms with Crippen molar-refractivity contribution in [3.05, 3.63) is 36.7 Å². The lowest BCUT2D eigenvalue weighted by Crippen LogP contribution is -2.20. The fourth-order valence-electron chi connectivity index (χ4n) is 2.43. The van der Waals surface area contributed by atoms with Crippen molar-refractivity contribution >= 4 is 17.3 Å². The fraction of sp³-hybridized carbons (Fsp3) is 0.400. The van der Waals surface area contributed by atoms with Crippen molar-refractivity contribution in [1.82, 2.24) is 14.8 Å². The lowest BCUT2D eigenvalue weighted by Gasteiger charge is -2.13. The summed E-state index contributed by atoms with van der Waals surface area (Å²) in [6.45, 7) is 1.38. The van der Waals surface area contributed by atoms with Gasteiger partial charge in [0.05, 0.1) is 11.8 Å². The van der Waals surface area contributed by atoms with E-state index in [1.807, 2.05) is 0 Å². The van der Waals surface area contributed by atoms with E-state index < -0.39 is 5.82 Å². The number of carbonyl (C=O) groups is 1. The molecule has 1 aromatic carbocycles. The first-order chi connectivity index (χ1) is 11.2.